The van der Waals surface area contributed by atoms with Crippen LogP contribution in [0, 0.1) is 19.7 Å². The Morgan fingerprint density at radius 2 is 1.93 bits per heavy atom. The lowest BCUT2D eigenvalue weighted by Crippen LogP contribution is -2.23. The fourth-order valence-corrected chi connectivity index (χ4v) is 3.68. The molecule has 0 saturated heterocycles. The van der Waals surface area contributed by atoms with Crippen LogP contribution in [0.5, 0.6) is 0 Å². The first-order valence-electron chi connectivity index (χ1n) is 9.11. The molecule has 29 heavy (non-hydrogen) atoms. The molecule has 1 amide bonds. The Morgan fingerprint density at radius 3 is 2.62 bits per heavy atom. The number of aromatic nitrogens is 3. The first-order chi connectivity index (χ1) is 13.9. The van der Waals surface area contributed by atoms with E-state index in [-0.39, 0.29) is 16.5 Å². The number of hydrogen-bond donors (Lipinski definition) is 1. The minimum Gasteiger partial charge on any atom is -0.381 e. The van der Waals surface area contributed by atoms with E-state index in [1.165, 1.54) is 23.5 Å². The van der Waals surface area contributed by atoms with E-state index in [1.807, 2.05) is 13.8 Å². The fraction of sp³-hybridized carbons (Fsp3) is 0.300. The lowest BCUT2D eigenvalue weighted by atomic mass is 10.1. The Bertz CT molecular complexity index is 1030. The van der Waals surface area contributed by atoms with Crippen molar-refractivity contribution in [1.82, 2.24) is 14.8 Å². The maximum Gasteiger partial charge on any atom is 0.298 e. The van der Waals surface area contributed by atoms with Crippen molar-refractivity contribution in [3.8, 4) is 5.69 Å². The average Bonchev–Trinajstić information content (AvgIpc) is 3.26. The summed E-state index contributed by atoms with van der Waals surface area (Å²) in [6.07, 6.45) is 0.591. The summed E-state index contributed by atoms with van der Waals surface area (Å²) in [6, 6.07) is 7.58. The smallest absolute Gasteiger partial charge is 0.298 e. The summed E-state index contributed by atoms with van der Waals surface area (Å²) in [6.45, 7) is 6.61. The van der Waals surface area contributed by atoms with Gasteiger partial charge in [0, 0.05) is 35.7 Å². The number of carbonyl (C=O) groups is 2. The molecule has 3 rings (SSSR count). The maximum absolute atomic E-state index is 13.2. The number of aryl methyl sites for hydroxylation is 1. The van der Waals surface area contributed by atoms with Crippen molar-refractivity contribution in [3.05, 3.63) is 58.1 Å². The van der Waals surface area contributed by atoms with Crippen molar-refractivity contribution in [2.45, 2.75) is 27.2 Å². The second kappa shape index (κ2) is 9.06. The van der Waals surface area contributed by atoms with Gasteiger partial charge in [-0.15, -0.1) is 10.2 Å². The van der Waals surface area contributed by atoms with E-state index >= 15 is 0 Å². The molecular formula is C20H21FN4O3S. The van der Waals surface area contributed by atoms with Crippen LogP contribution in [-0.4, -0.2) is 39.7 Å². The van der Waals surface area contributed by atoms with Crippen LogP contribution in [0.25, 0.3) is 5.69 Å². The third-order valence-electron chi connectivity index (χ3n) is 4.32. The summed E-state index contributed by atoms with van der Waals surface area (Å²) in [4.78, 5) is 25.1. The molecule has 2 aromatic heterocycles. The lowest BCUT2D eigenvalue weighted by Gasteiger charge is -2.09. The topological polar surface area (TPSA) is 86.1 Å². The molecule has 152 valence electrons. The summed E-state index contributed by atoms with van der Waals surface area (Å²) in [5.41, 5.74) is 2.36. The number of halogens is 1. The monoisotopic (exact) mass is 416 g/mol. The Labute approximate surface area is 171 Å². The van der Waals surface area contributed by atoms with Crippen LogP contribution < -0.4 is 5.32 Å². The van der Waals surface area contributed by atoms with Crippen molar-refractivity contribution in [1.29, 1.82) is 0 Å². The molecule has 3 aromatic rings. The minimum atomic E-state index is -0.781. The SMILES string of the molecule is CCOCCc1nnc(NC(=O)C(=O)c2cc(C)n(-c3ccc(F)cc3)c2C)s1. The number of anilines is 1. The molecule has 1 aromatic carbocycles. The molecule has 0 spiro atoms. The fourth-order valence-electron chi connectivity index (χ4n) is 2.97. The standard InChI is InChI=1S/C20H21FN4O3S/c1-4-28-10-9-17-23-24-20(29-17)22-19(27)18(26)16-11-12(2)25(13(16)3)15-7-5-14(21)6-8-15/h5-8,11H,4,9-10H2,1-3H3,(H,22,24,27). The number of ketones is 1. The molecule has 2 heterocycles. The first kappa shape index (κ1) is 20.8. The minimum absolute atomic E-state index is 0.266. The molecule has 0 fully saturated rings. The Balaban J connectivity index is 1.74. The van der Waals surface area contributed by atoms with Crippen molar-refractivity contribution in [2.24, 2.45) is 0 Å². The number of amides is 1. The highest BCUT2D eigenvalue weighted by molar-refractivity contribution is 7.15. The molecule has 0 aliphatic carbocycles. The molecule has 9 heteroatoms. The van der Waals surface area contributed by atoms with Crippen LogP contribution >= 0.6 is 11.3 Å². The van der Waals surface area contributed by atoms with E-state index in [9.17, 15) is 14.0 Å². The van der Waals surface area contributed by atoms with Gasteiger partial charge in [-0.1, -0.05) is 11.3 Å². The van der Waals surface area contributed by atoms with Crippen LogP contribution in [0.3, 0.4) is 0 Å². The molecule has 0 aliphatic rings. The number of nitrogens with one attached hydrogen (secondary N) is 1. The van der Waals surface area contributed by atoms with Gasteiger partial charge in [0.15, 0.2) is 0 Å². The molecule has 0 unspecified atom stereocenters. The number of hydrogen-bond acceptors (Lipinski definition) is 6. The van der Waals surface area contributed by atoms with Crippen molar-refractivity contribution in [2.75, 3.05) is 18.5 Å². The molecule has 7 nitrogen and oxygen atoms in total. The number of Topliss-reactive ketones (excluding diaryl/α,β-unsaturated/α-hetero) is 1. The van der Waals surface area contributed by atoms with Crippen LogP contribution in [0.2, 0.25) is 0 Å². The third kappa shape index (κ3) is 4.75. The van der Waals surface area contributed by atoms with E-state index in [1.54, 1.807) is 29.7 Å². The number of ether oxygens (including phenoxy) is 1. The second-order valence-electron chi connectivity index (χ2n) is 6.33. The second-order valence-corrected chi connectivity index (χ2v) is 7.39. The van der Waals surface area contributed by atoms with Gasteiger partial charge >= 0.3 is 0 Å². The number of nitrogens with zero attached hydrogens (tertiary/aromatic N) is 3. The van der Waals surface area contributed by atoms with Crippen LogP contribution in [-0.2, 0) is 16.0 Å². The van der Waals surface area contributed by atoms with Crippen molar-refractivity contribution >= 4 is 28.2 Å². The number of rotatable bonds is 8. The first-order valence-corrected chi connectivity index (χ1v) is 9.93. The van der Waals surface area contributed by atoms with Gasteiger partial charge in [-0.2, -0.15) is 0 Å². The molecule has 1 N–H and O–H groups in total. The normalized spacial score (nSPS) is 10.9. The predicted octanol–water partition coefficient (Wildman–Crippen LogP) is 3.49. The summed E-state index contributed by atoms with van der Waals surface area (Å²) in [5.74, 6) is -1.79. The van der Waals surface area contributed by atoms with E-state index in [0.29, 0.717) is 31.0 Å². The van der Waals surface area contributed by atoms with Gasteiger partial charge in [-0.25, -0.2) is 4.39 Å². The van der Waals surface area contributed by atoms with Crippen LogP contribution in [0.15, 0.2) is 30.3 Å². The quantitative estimate of drug-likeness (QED) is 0.345. The molecule has 0 aliphatic heterocycles. The van der Waals surface area contributed by atoms with Gasteiger partial charge in [-0.3, -0.25) is 14.9 Å². The van der Waals surface area contributed by atoms with Gasteiger partial charge in [0.2, 0.25) is 5.13 Å². The Morgan fingerprint density at radius 1 is 1.21 bits per heavy atom. The van der Waals surface area contributed by atoms with Gasteiger partial charge in [0.25, 0.3) is 11.7 Å². The molecule has 0 saturated carbocycles. The van der Waals surface area contributed by atoms with E-state index in [0.717, 1.165) is 10.7 Å². The summed E-state index contributed by atoms with van der Waals surface area (Å²) in [7, 11) is 0. The maximum atomic E-state index is 13.2. The van der Waals surface area contributed by atoms with Crippen molar-refractivity contribution < 1.29 is 18.7 Å². The average molecular weight is 416 g/mol. The predicted molar refractivity (Wildman–Crippen MR) is 108 cm³/mol. The molecule has 0 radical (unpaired) electrons. The zero-order valence-electron chi connectivity index (χ0n) is 16.4. The third-order valence-corrected chi connectivity index (χ3v) is 5.22. The van der Waals surface area contributed by atoms with Crippen LogP contribution in [0.1, 0.15) is 33.7 Å². The van der Waals surface area contributed by atoms with Crippen molar-refractivity contribution in [3.63, 3.8) is 0 Å². The zero-order valence-corrected chi connectivity index (χ0v) is 17.2. The molecular weight excluding hydrogens is 395 g/mol. The van der Waals surface area contributed by atoms with E-state index in [2.05, 4.69) is 15.5 Å². The Kier molecular flexibility index (Phi) is 6.50. The van der Waals surface area contributed by atoms with Gasteiger partial charge in [-0.05, 0) is 51.1 Å². The van der Waals surface area contributed by atoms with E-state index in [4.69, 9.17) is 4.74 Å². The molecule has 0 bridgehead atoms. The van der Waals surface area contributed by atoms with Gasteiger partial charge < -0.3 is 9.30 Å². The zero-order chi connectivity index (χ0) is 21.0. The Hall–Kier alpha value is -2.91. The summed E-state index contributed by atoms with van der Waals surface area (Å²) >= 11 is 1.21. The lowest BCUT2D eigenvalue weighted by molar-refractivity contribution is -0.112. The number of benzene rings is 1. The summed E-state index contributed by atoms with van der Waals surface area (Å²) < 4.78 is 20.3. The number of carbonyl (C=O) groups excluding carboxylic acids is 2. The molecule has 0 atom stereocenters. The van der Waals surface area contributed by atoms with Crippen LogP contribution in [0.4, 0.5) is 9.52 Å². The highest BCUT2D eigenvalue weighted by Gasteiger charge is 2.23. The van der Waals surface area contributed by atoms with Gasteiger partial charge in [0.05, 0.1) is 6.61 Å². The van der Waals surface area contributed by atoms with Gasteiger partial charge in [0.1, 0.15) is 10.8 Å². The largest absolute Gasteiger partial charge is 0.381 e. The van der Waals surface area contributed by atoms with E-state index < -0.39 is 11.7 Å². The highest BCUT2D eigenvalue weighted by atomic mass is 32.1. The summed E-state index contributed by atoms with van der Waals surface area (Å²) in [5, 5.41) is 11.4. The highest BCUT2D eigenvalue weighted by Crippen LogP contribution is 2.22.